The zero-order chi connectivity index (χ0) is 10.9. The highest BCUT2D eigenvalue weighted by atomic mass is 35.5. The van der Waals surface area contributed by atoms with Crippen molar-refractivity contribution in [3.63, 3.8) is 0 Å². The van der Waals surface area contributed by atoms with Crippen LogP contribution in [0.3, 0.4) is 0 Å². The molecule has 0 aliphatic heterocycles. The number of hydrogen-bond acceptors (Lipinski definition) is 4. The quantitative estimate of drug-likeness (QED) is 0.574. The summed E-state index contributed by atoms with van der Waals surface area (Å²) < 4.78 is 18.9. The zero-order valence-corrected chi connectivity index (χ0v) is 9.94. The first-order chi connectivity index (χ1) is 5.64. The Morgan fingerprint density at radius 3 is 2.08 bits per heavy atom. The molecule has 0 saturated carbocycles. The molecule has 0 atom stereocenters. The molecule has 76 valence electrons. The van der Waals surface area contributed by atoms with Gasteiger partial charge in [0.2, 0.25) is 4.33 Å². The zero-order valence-electron chi connectivity index (χ0n) is 6.80. The molecule has 0 spiro atoms. The topological polar surface area (TPSA) is 63.2 Å². The fourth-order valence-corrected chi connectivity index (χ4v) is 2.16. The minimum absolute atomic E-state index is 0.706. The summed E-state index contributed by atoms with van der Waals surface area (Å²) in [7, 11) is -2.44. The molecule has 0 radical (unpaired) electrons. The van der Waals surface area contributed by atoms with Gasteiger partial charge in [0.1, 0.15) is 0 Å². The monoisotopic (exact) mass is 263 g/mol. The molecule has 1 N–H and O–H groups in total. The fraction of sp³-hybridized carbons (Fsp3) is 0.600. The summed E-state index contributed by atoms with van der Waals surface area (Å²) in [5, 5.41) is 2.10. The summed E-state index contributed by atoms with van der Waals surface area (Å²) in [6, 6.07) is 0. The Bertz CT molecular complexity index is 336. The molecule has 1 amide bonds. The minimum atomic E-state index is -3.71. The second kappa shape index (κ2) is 4.08. The maximum atomic E-state index is 11.0. The van der Waals surface area contributed by atoms with Gasteiger partial charge in [-0.1, -0.05) is 35.4 Å². The van der Waals surface area contributed by atoms with E-state index in [0.717, 1.165) is 6.26 Å². The van der Waals surface area contributed by atoms with E-state index in [1.165, 1.54) is 7.05 Å². The first kappa shape index (κ1) is 13.1. The van der Waals surface area contributed by atoms with Crippen LogP contribution in [0.1, 0.15) is 0 Å². The van der Waals surface area contributed by atoms with Gasteiger partial charge in [-0.25, -0.2) is 8.42 Å². The number of hydrogen-bond donors (Lipinski definition) is 1. The Balaban J connectivity index is 5.09. The van der Waals surface area contributed by atoms with Crippen LogP contribution in [0.15, 0.2) is 0 Å². The predicted octanol–water partition coefficient (Wildman–Crippen LogP) is 0.278. The molecule has 0 aromatic heterocycles. The van der Waals surface area contributed by atoms with Crippen molar-refractivity contribution in [2.45, 2.75) is 4.33 Å². The van der Waals surface area contributed by atoms with Crippen molar-refractivity contribution in [2.75, 3.05) is 13.3 Å². The van der Waals surface area contributed by atoms with Crippen LogP contribution >= 0.6 is 35.4 Å². The van der Waals surface area contributed by atoms with Crippen LogP contribution in [-0.4, -0.2) is 36.2 Å². The van der Waals surface area contributed by atoms with Gasteiger partial charge in [0, 0.05) is 13.3 Å². The summed E-state index contributed by atoms with van der Waals surface area (Å²) in [5.74, 6) is -0.869. The maximum Gasteiger partial charge on any atom is 0.262 e. The lowest BCUT2D eigenvalue weighted by Gasteiger charge is -2.16. The standard InChI is InChI=1S/C5H7Cl2NO3S2/c1-8-3(9)5(6,7)4(12)13(2,10)11/h1-2H3,(H,8,9). The average molecular weight is 264 g/mol. The van der Waals surface area contributed by atoms with Crippen molar-refractivity contribution in [3.05, 3.63) is 0 Å². The van der Waals surface area contributed by atoms with Crippen LogP contribution in [0.4, 0.5) is 0 Å². The smallest absolute Gasteiger partial charge is 0.262 e. The molecule has 4 nitrogen and oxygen atoms in total. The van der Waals surface area contributed by atoms with E-state index in [1.807, 2.05) is 0 Å². The third-order valence-corrected chi connectivity index (χ3v) is 4.47. The molecule has 0 aromatic rings. The summed E-state index contributed by atoms with van der Waals surface area (Å²) in [5.41, 5.74) is 0. The van der Waals surface area contributed by atoms with E-state index in [0.29, 0.717) is 0 Å². The third kappa shape index (κ3) is 3.05. The van der Waals surface area contributed by atoms with Gasteiger partial charge in [0.25, 0.3) is 5.91 Å². The van der Waals surface area contributed by atoms with Crippen molar-refractivity contribution in [1.29, 1.82) is 0 Å². The number of amides is 1. The lowest BCUT2D eigenvalue weighted by atomic mass is 10.4. The van der Waals surface area contributed by atoms with Crippen LogP contribution in [0, 0.1) is 0 Å². The number of thiocarbonyl (C=S) groups is 1. The lowest BCUT2D eigenvalue weighted by Crippen LogP contribution is -2.44. The highest BCUT2D eigenvalue weighted by Crippen LogP contribution is 2.26. The molecule has 0 aliphatic rings. The number of rotatable bonds is 2. The number of alkyl halides is 2. The van der Waals surface area contributed by atoms with Crippen LogP contribution in [-0.2, 0) is 14.6 Å². The molecule has 0 aliphatic carbocycles. The molecule has 8 heteroatoms. The Morgan fingerprint density at radius 1 is 1.46 bits per heavy atom. The van der Waals surface area contributed by atoms with Crippen LogP contribution in [0.25, 0.3) is 0 Å². The first-order valence-electron chi connectivity index (χ1n) is 2.98. The Morgan fingerprint density at radius 2 is 1.85 bits per heavy atom. The van der Waals surface area contributed by atoms with Gasteiger partial charge in [-0.3, -0.25) is 4.79 Å². The van der Waals surface area contributed by atoms with E-state index < -0.39 is 24.3 Å². The number of halogens is 2. The lowest BCUT2D eigenvalue weighted by molar-refractivity contribution is -0.119. The Kier molecular flexibility index (Phi) is 4.11. The number of carbonyl (C=O) groups excluding carboxylic acids is 1. The van der Waals surface area contributed by atoms with Gasteiger partial charge in [-0.2, -0.15) is 0 Å². The van der Waals surface area contributed by atoms with Gasteiger partial charge < -0.3 is 5.32 Å². The molecule has 0 saturated heterocycles. The summed E-state index contributed by atoms with van der Waals surface area (Å²) in [6.07, 6.45) is 0.831. The van der Waals surface area contributed by atoms with Crippen LogP contribution < -0.4 is 5.32 Å². The molecular formula is C5H7Cl2NO3S2. The van der Waals surface area contributed by atoms with Crippen molar-refractivity contribution in [1.82, 2.24) is 5.32 Å². The highest BCUT2D eigenvalue weighted by molar-refractivity contribution is 8.17. The molecule has 0 rings (SSSR count). The van der Waals surface area contributed by atoms with E-state index in [-0.39, 0.29) is 0 Å². The second-order valence-corrected chi connectivity index (χ2v) is 6.16. The van der Waals surface area contributed by atoms with E-state index in [2.05, 4.69) is 17.5 Å². The Hall–Kier alpha value is 0.0900. The van der Waals surface area contributed by atoms with Crippen molar-refractivity contribution < 1.29 is 13.2 Å². The summed E-state index contributed by atoms with van der Waals surface area (Å²) >= 11 is 15.4. The van der Waals surface area contributed by atoms with Crippen LogP contribution in [0.5, 0.6) is 0 Å². The van der Waals surface area contributed by atoms with Gasteiger partial charge in [-0.05, 0) is 0 Å². The summed E-state index contributed by atoms with van der Waals surface area (Å²) in [6.45, 7) is 0. The van der Waals surface area contributed by atoms with Gasteiger partial charge in [-0.15, -0.1) is 0 Å². The van der Waals surface area contributed by atoms with Gasteiger partial charge >= 0.3 is 0 Å². The van der Waals surface area contributed by atoms with E-state index in [9.17, 15) is 13.2 Å². The SMILES string of the molecule is CNC(=O)C(Cl)(Cl)C(=S)S(C)(=O)=O. The second-order valence-electron chi connectivity index (χ2n) is 2.21. The third-order valence-electron chi connectivity index (χ3n) is 1.11. The average Bonchev–Trinajstić information content (AvgIpc) is 1.99. The number of nitrogens with one attached hydrogen (secondary N) is 1. The van der Waals surface area contributed by atoms with Gasteiger partial charge in [0.05, 0.1) is 0 Å². The number of carbonyl (C=O) groups is 1. The fourth-order valence-electron chi connectivity index (χ4n) is 0.483. The predicted molar refractivity (Wildman–Crippen MR) is 55.9 cm³/mol. The molecule has 0 heterocycles. The van der Waals surface area contributed by atoms with Crippen molar-refractivity contribution in [2.24, 2.45) is 0 Å². The van der Waals surface area contributed by atoms with Gasteiger partial charge in [0.15, 0.2) is 14.0 Å². The van der Waals surface area contributed by atoms with E-state index >= 15 is 0 Å². The first-order valence-corrected chi connectivity index (χ1v) is 6.04. The molecule has 0 unspecified atom stereocenters. The summed E-state index contributed by atoms with van der Waals surface area (Å²) in [4.78, 5) is 11.0. The number of sulfone groups is 1. The maximum absolute atomic E-state index is 11.0. The van der Waals surface area contributed by atoms with Crippen molar-refractivity contribution >= 4 is 55.4 Å². The van der Waals surface area contributed by atoms with E-state index in [4.69, 9.17) is 23.2 Å². The normalized spacial score (nSPS) is 12.3. The minimum Gasteiger partial charge on any atom is -0.356 e. The Labute approximate surface area is 91.5 Å². The molecule has 13 heavy (non-hydrogen) atoms. The van der Waals surface area contributed by atoms with Crippen LogP contribution in [0.2, 0.25) is 0 Å². The van der Waals surface area contributed by atoms with Crippen molar-refractivity contribution in [3.8, 4) is 0 Å². The molecule has 0 bridgehead atoms. The molecule has 0 fully saturated rings. The molecule has 0 aromatic carbocycles. The van der Waals surface area contributed by atoms with E-state index in [1.54, 1.807) is 0 Å². The highest BCUT2D eigenvalue weighted by Gasteiger charge is 2.42. The molecular weight excluding hydrogens is 257 g/mol. The largest absolute Gasteiger partial charge is 0.356 e.